The first-order chi connectivity index (χ1) is 12.9. The van der Waals surface area contributed by atoms with E-state index >= 15 is 0 Å². The van der Waals surface area contributed by atoms with Gasteiger partial charge in [0.15, 0.2) is 0 Å². The molecule has 2 amide bonds. The molecule has 0 aromatic heterocycles. The monoisotopic (exact) mass is 388 g/mol. The molecule has 3 fully saturated rings. The maximum atomic E-state index is 13.0. The van der Waals surface area contributed by atoms with Gasteiger partial charge in [-0.15, -0.1) is 0 Å². The summed E-state index contributed by atoms with van der Waals surface area (Å²) in [4.78, 5) is 26.6. The number of carbonyl (C=O) groups is 2. The minimum atomic E-state index is -1.03. The predicted octanol–water partition coefficient (Wildman–Crippen LogP) is 2.36. The van der Waals surface area contributed by atoms with E-state index in [1.54, 1.807) is 5.30 Å². The number of rotatable bonds is 7. The number of piperidine rings is 1. The fourth-order valence-electron chi connectivity index (χ4n) is 4.80. The molecule has 27 heavy (non-hydrogen) atoms. The first-order valence-corrected chi connectivity index (χ1v) is 13.5. The minimum absolute atomic E-state index is 0.0231. The molecule has 1 aromatic carbocycles. The Morgan fingerprint density at radius 2 is 1.96 bits per heavy atom. The number of carbonyl (C=O) groups excluding carboxylic acids is 2. The molecule has 0 bridgehead atoms. The van der Waals surface area contributed by atoms with Crippen LogP contribution in [0.5, 0.6) is 0 Å². The molecule has 5 heteroatoms. The summed E-state index contributed by atoms with van der Waals surface area (Å²) >= 11 is 0. The molecule has 3 atom stereocenters. The first-order valence-electron chi connectivity index (χ1n) is 10.6. The van der Waals surface area contributed by atoms with Gasteiger partial charge in [-0.3, -0.25) is 4.79 Å². The van der Waals surface area contributed by atoms with Gasteiger partial charge in [0, 0.05) is 6.42 Å². The number of hydrogen-bond donors (Lipinski definition) is 1. The molecule has 2 saturated heterocycles. The number of likely N-dealkylation sites (tertiary alicyclic amines) is 1. The Hall–Kier alpha value is -1.41. The second-order valence-electron chi connectivity index (χ2n) is 9.18. The average Bonchev–Trinajstić information content (AvgIpc) is 3.58. The number of hydrogen-bond acceptors (Lipinski definition) is 2. The van der Waals surface area contributed by atoms with Crippen molar-refractivity contribution in [1.82, 2.24) is 10.2 Å². The van der Waals surface area contributed by atoms with E-state index in [0.717, 1.165) is 19.5 Å². The van der Waals surface area contributed by atoms with Gasteiger partial charge in [0.1, 0.15) is 0 Å². The van der Waals surface area contributed by atoms with Crippen molar-refractivity contribution in [2.24, 2.45) is 11.8 Å². The van der Waals surface area contributed by atoms with Crippen molar-refractivity contribution in [3.05, 3.63) is 29.8 Å². The van der Waals surface area contributed by atoms with E-state index in [0.29, 0.717) is 18.9 Å². The van der Waals surface area contributed by atoms with Gasteiger partial charge in [-0.05, 0) is 0 Å². The third kappa shape index (κ3) is 3.42. The van der Waals surface area contributed by atoms with Crippen LogP contribution in [-0.4, -0.2) is 55.3 Å². The van der Waals surface area contributed by atoms with Gasteiger partial charge < -0.3 is 0 Å². The third-order valence-electron chi connectivity index (χ3n) is 7.32. The van der Waals surface area contributed by atoms with Crippen LogP contribution in [0.15, 0.2) is 24.3 Å². The van der Waals surface area contributed by atoms with Crippen molar-refractivity contribution in [1.29, 1.82) is 0 Å². The Kier molecular flexibility index (Phi) is 4.83. The molecular formula is C22H33N2O2P. The Morgan fingerprint density at radius 1 is 1.26 bits per heavy atom. The van der Waals surface area contributed by atoms with Crippen molar-refractivity contribution in [3.63, 3.8) is 0 Å². The molecule has 2 heterocycles. The zero-order valence-corrected chi connectivity index (χ0v) is 17.9. The molecule has 0 spiro atoms. The van der Waals surface area contributed by atoms with Crippen LogP contribution in [-0.2, 0) is 15.0 Å². The molecule has 1 N–H and O–H groups in total. The summed E-state index contributed by atoms with van der Waals surface area (Å²) < 4.78 is 0. The SMILES string of the molecule is CCC(=O)NCC(CC)C(=O)N1CC2CC2(c2ccc([PH]3(C)CC3)cc2)C1. The van der Waals surface area contributed by atoms with E-state index in [2.05, 4.69) is 41.1 Å². The third-order valence-corrected chi connectivity index (χ3v) is 11.1. The van der Waals surface area contributed by atoms with Crippen molar-refractivity contribution in [3.8, 4) is 0 Å². The van der Waals surface area contributed by atoms with Crippen LogP contribution in [0, 0.1) is 11.8 Å². The maximum absolute atomic E-state index is 13.0. The summed E-state index contributed by atoms with van der Waals surface area (Å²) in [5.74, 6) is 0.757. The number of benzene rings is 1. The van der Waals surface area contributed by atoms with Crippen LogP contribution < -0.4 is 10.6 Å². The normalized spacial score (nSPS) is 29.6. The van der Waals surface area contributed by atoms with E-state index in [9.17, 15) is 9.59 Å². The van der Waals surface area contributed by atoms with Crippen LogP contribution in [0.4, 0.5) is 0 Å². The Labute approximate surface area is 163 Å². The molecule has 4 rings (SSSR count). The predicted molar refractivity (Wildman–Crippen MR) is 113 cm³/mol. The molecule has 0 radical (unpaired) electrons. The van der Waals surface area contributed by atoms with Crippen LogP contribution in [0.3, 0.4) is 0 Å². The molecule has 148 valence electrons. The van der Waals surface area contributed by atoms with Crippen molar-refractivity contribution in [2.45, 2.75) is 38.5 Å². The molecule has 1 saturated carbocycles. The molecule has 3 aliphatic rings. The van der Waals surface area contributed by atoms with Crippen LogP contribution in [0.25, 0.3) is 0 Å². The molecule has 2 aliphatic heterocycles. The Bertz CT molecular complexity index is 743. The van der Waals surface area contributed by atoms with E-state index < -0.39 is 7.26 Å². The summed E-state index contributed by atoms with van der Waals surface area (Å²) in [5.41, 5.74) is 1.63. The van der Waals surface area contributed by atoms with Crippen LogP contribution in [0.2, 0.25) is 0 Å². The zero-order valence-electron chi connectivity index (χ0n) is 16.9. The van der Waals surface area contributed by atoms with Crippen LogP contribution in [0.1, 0.15) is 38.7 Å². The number of fused-ring (bicyclic) bond motifs is 1. The van der Waals surface area contributed by atoms with Gasteiger partial charge in [0.25, 0.3) is 0 Å². The number of nitrogens with zero attached hydrogens (tertiary/aromatic N) is 1. The molecular weight excluding hydrogens is 355 g/mol. The van der Waals surface area contributed by atoms with Crippen molar-refractivity contribution < 1.29 is 9.59 Å². The van der Waals surface area contributed by atoms with E-state index in [-0.39, 0.29) is 23.1 Å². The Morgan fingerprint density at radius 3 is 2.56 bits per heavy atom. The fourth-order valence-corrected chi connectivity index (χ4v) is 7.85. The first kappa shape index (κ1) is 18.9. The van der Waals surface area contributed by atoms with Crippen molar-refractivity contribution >= 4 is 24.4 Å². The molecule has 1 aliphatic carbocycles. The van der Waals surface area contributed by atoms with Gasteiger partial charge in [-0.25, -0.2) is 0 Å². The summed E-state index contributed by atoms with van der Waals surface area (Å²) in [5, 5.41) is 4.50. The molecule has 1 aromatic rings. The van der Waals surface area contributed by atoms with Crippen LogP contribution >= 0.6 is 7.26 Å². The topological polar surface area (TPSA) is 49.4 Å². The zero-order chi connectivity index (χ0) is 19.2. The summed E-state index contributed by atoms with van der Waals surface area (Å²) in [6.45, 7) is 8.56. The Balaban J connectivity index is 1.40. The summed E-state index contributed by atoms with van der Waals surface area (Å²) in [6, 6.07) is 9.44. The van der Waals surface area contributed by atoms with Gasteiger partial charge in [-0.2, -0.15) is 0 Å². The second-order valence-corrected chi connectivity index (χ2v) is 13.9. The number of nitrogens with one attached hydrogen (secondary N) is 1. The summed E-state index contributed by atoms with van der Waals surface area (Å²) in [6.07, 6.45) is 5.34. The van der Waals surface area contributed by atoms with E-state index in [4.69, 9.17) is 0 Å². The molecule has 3 unspecified atom stereocenters. The summed E-state index contributed by atoms with van der Waals surface area (Å²) in [7, 11) is -1.03. The standard InChI is InChI=1S/C22H33N2O2P/c1-4-16(13-23-20(25)5-2)21(26)24-14-18-12-22(18,15-24)17-6-8-19(9-7-17)27(3)10-11-27/h6-9,16,18,27H,4-5,10-15H2,1-3H3,(H,23,25). The van der Waals surface area contributed by atoms with Crippen molar-refractivity contribution in [2.75, 3.05) is 38.6 Å². The van der Waals surface area contributed by atoms with E-state index in [1.807, 2.05) is 13.8 Å². The quantitative estimate of drug-likeness (QED) is 0.729. The molecule has 4 nitrogen and oxygen atoms in total. The van der Waals surface area contributed by atoms with Gasteiger partial charge in [-0.1, -0.05) is 6.92 Å². The van der Waals surface area contributed by atoms with Gasteiger partial charge >= 0.3 is 145 Å². The fraction of sp³-hybridized carbons (Fsp3) is 0.636. The van der Waals surface area contributed by atoms with Gasteiger partial charge in [0.2, 0.25) is 0 Å². The van der Waals surface area contributed by atoms with E-state index in [1.165, 1.54) is 24.3 Å². The second kappa shape index (κ2) is 6.88. The average molecular weight is 388 g/mol. The van der Waals surface area contributed by atoms with Gasteiger partial charge in [0.05, 0.1) is 0 Å². The number of amides is 2.